The van der Waals surface area contributed by atoms with Crippen LogP contribution in [0.5, 0.6) is 5.88 Å². The first-order valence-electron chi connectivity index (χ1n) is 10.2. The molecule has 0 spiro atoms. The van der Waals surface area contributed by atoms with E-state index in [2.05, 4.69) is 24.9 Å². The molecule has 30 heavy (non-hydrogen) atoms. The number of oxime groups is 1. The summed E-state index contributed by atoms with van der Waals surface area (Å²) in [7, 11) is 0. The van der Waals surface area contributed by atoms with Crippen LogP contribution in [0.2, 0.25) is 5.02 Å². The fourth-order valence-electron chi connectivity index (χ4n) is 4.45. The number of ether oxygens (including phenoxy) is 1. The molecule has 1 aliphatic carbocycles. The second-order valence-electron chi connectivity index (χ2n) is 7.86. The summed E-state index contributed by atoms with van der Waals surface area (Å²) in [6, 6.07) is 11.5. The van der Waals surface area contributed by atoms with Gasteiger partial charge in [0, 0.05) is 29.6 Å². The Bertz CT molecular complexity index is 1070. The molecule has 1 fully saturated rings. The van der Waals surface area contributed by atoms with Crippen LogP contribution in [0.4, 0.5) is 0 Å². The number of fused-ring (bicyclic) bond motifs is 3. The normalized spacial score (nSPS) is 22.2. The fourth-order valence-corrected chi connectivity index (χ4v) is 4.64. The molecule has 0 unspecified atom stereocenters. The standard InChI is InChI=1S/C22H22ClN5O2/c23-16-6-9-19-15(11-16)12-17(27-29)13-20-25-26-22(28(19)20)14-4-7-18(8-5-14)30-21-3-1-2-10-24-21/h1-3,6,9-11,14,18,29H,4-5,7-8,12-13H2. The van der Waals surface area contributed by atoms with Crippen LogP contribution in [-0.4, -0.2) is 36.8 Å². The van der Waals surface area contributed by atoms with E-state index in [0.717, 1.165) is 48.6 Å². The molecule has 3 aromatic rings. The summed E-state index contributed by atoms with van der Waals surface area (Å²) in [5.41, 5.74) is 2.69. The lowest BCUT2D eigenvalue weighted by Crippen LogP contribution is -2.25. The highest BCUT2D eigenvalue weighted by Gasteiger charge is 2.31. The summed E-state index contributed by atoms with van der Waals surface area (Å²) < 4.78 is 8.17. The van der Waals surface area contributed by atoms with Crippen LogP contribution >= 0.6 is 11.6 Å². The van der Waals surface area contributed by atoms with Crippen molar-refractivity contribution in [3.05, 3.63) is 64.8 Å². The second kappa shape index (κ2) is 8.07. The molecule has 154 valence electrons. The lowest BCUT2D eigenvalue weighted by atomic mass is 9.86. The Hall–Kier alpha value is -2.93. The van der Waals surface area contributed by atoms with Gasteiger partial charge >= 0.3 is 0 Å². The van der Waals surface area contributed by atoms with E-state index in [1.54, 1.807) is 6.20 Å². The molecular weight excluding hydrogens is 402 g/mol. The van der Waals surface area contributed by atoms with Crippen molar-refractivity contribution in [3.63, 3.8) is 0 Å². The minimum absolute atomic E-state index is 0.168. The maximum absolute atomic E-state index is 9.42. The minimum atomic E-state index is 0.168. The predicted molar refractivity (Wildman–Crippen MR) is 113 cm³/mol. The Morgan fingerprint density at radius 1 is 1.07 bits per heavy atom. The van der Waals surface area contributed by atoms with Crippen molar-refractivity contribution >= 4 is 17.3 Å². The summed E-state index contributed by atoms with van der Waals surface area (Å²) in [6.45, 7) is 0. The van der Waals surface area contributed by atoms with Crippen molar-refractivity contribution in [2.24, 2.45) is 5.16 Å². The molecule has 0 bridgehead atoms. The molecule has 0 radical (unpaired) electrons. The molecule has 8 heteroatoms. The van der Waals surface area contributed by atoms with E-state index in [1.165, 1.54) is 0 Å². The zero-order valence-electron chi connectivity index (χ0n) is 16.4. The van der Waals surface area contributed by atoms with Crippen LogP contribution in [0.1, 0.15) is 48.8 Å². The van der Waals surface area contributed by atoms with Crippen LogP contribution in [0.3, 0.4) is 0 Å². The lowest BCUT2D eigenvalue weighted by Gasteiger charge is -2.28. The largest absolute Gasteiger partial charge is 0.474 e. The average Bonchev–Trinajstić information content (AvgIpc) is 3.11. The highest BCUT2D eigenvalue weighted by Crippen LogP contribution is 2.36. The molecule has 1 N–H and O–H groups in total. The first kappa shape index (κ1) is 19.1. The Labute approximate surface area is 179 Å². The van der Waals surface area contributed by atoms with Crippen LogP contribution in [0.25, 0.3) is 5.69 Å². The van der Waals surface area contributed by atoms with Crippen molar-refractivity contribution in [3.8, 4) is 11.6 Å². The van der Waals surface area contributed by atoms with Gasteiger partial charge < -0.3 is 9.94 Å². The minimum Gasteiger partial charge on any atom is -0.474 e. The number of pyridine rings is 1. The Morgan fingerprint density at radius 2 is 1.93 bits per heavy atom. The van der Waals surface area contributed by atoms with Crippen molar-refractivity contribution in [1.82, 2.24) is 19.7 Å². The molecule has 0 amide bonds. The van der Waals surface area contributed by atoms with Crippen molar-refractivity contribution in [2.45, 2.75) is 50.5 Å². The van der Waals surface area contributed by atoms with Gasteiger partial charge in [-0.2, -0.15) is 0 Å². The van der Waals surface area contributed by atoms with E-state index in [1.807, 2.05) is 36.4 Å². The monoisotopic (exact) mass is 423 g/mol. The van der Waals surface area contributed by atoms with Gasteiger partial charge in [0.05, 0.1) is 17.8 Å². The van der Waals surface area contributed by atoms with Gasteiger partial charge in [0.1, 0.15) is 17.8 Å². The number of benzene rings is 1. The topological polar surface area (TPSA) is 85.4 Å². The van der Waals surface area contributed by atoms with Crippen molar-refractivity contribution in [2.75, 3.05) is 0 Å². The van der Waals surface area contributed by atoms with Crippen LogP contribution in [-0.2, 0) is 12.8 Å². The zero-order chi connectivity index (χ0) is 20.5. The summed E-state index contributed by atoms with van der Waals surface area (Å²) >= 11 is 6.23. The first-order chi connectivity index (χ1) is 14.7. The maximum Gasteiger partial charge on any atom is 0.213 e. The van der Waals surface area contributed by atoms with E-state index >= 15 is 0 Å². The Kier molecular flexibility index (Phi) is 5.12. The van der Waals surface area contributed by atoms with Gasteiger partial charge in [-0.25, -0.2) is 4.98 Å². The number of hydrogen-bond donors (Lipinski definition) is 1. The van der Waals surface area contributed by atoms with Crippen LogP contribution in [0, 0.1) is 0 Å². The van der Waals surface area contributed by atoms with E-state index in [0.29, 0.717) is 35.4 Å². The maximum atomic E-state index is 9.42. The highest BCUT2D eigenvalue weighted by atomic mass is 35.5. The smallest absolute Gasteiger partial charge is 0.213 e. The van der Waals surface area contributed by atoms with Gasteiger partial charge in [0.15, 0.2) is 0 Å². The number of nitrogens with zero attached hydrogens (tertiary/aromatic N) is 5. The van der Waals surface area contributed by atoms with Gasteiger partial charge in [0.25, 0.3) is 0 Å². The third-order valence-electron chi connectivity index (χ3n) is 5.90. The molecular formula is C22H22ClN5O2. The molecule has 3 heterocycles. The van der Waals surface area contributed by atoms with E-state index in [-0.39, 0.29) is 6.10 Å². The molecule has 1 aliphatic heterocycles. The van der Waals surface area contributed by atoms with Gasteiger partial charge in [-0.05, 0) is 55.5 Å². The number of aromatic nitrogens is 4. The predicted octanol–water partition coefficient (Wildman–Crippen LogP) is 4.35. The van der Waals surface area contributed by atoms with Crippen molar-refractivity contribution < 1.29 is 9.94 Å². The summed E-state index contributed by atoms with van der Waals surface area (Å²) in [5.74, 6) is 2.74. The molecule has 5 rings (SSSR count). The van der Waals surface area contributed by atoms with Gasteiger partial charge in [-0.15, -0.1) is 10.2 Å². The molecule has 7 nitrogen and oxygen atoms in total. The summed E-state index contributed by atoms with van der Waals surface area (Å²) in [5, 5.41) is 22.6. The third-order valence-corrected chi connectivity index (χ3v) is 6.14. The Balaban J connectivity index is 1.40. The Morgan fingerprint density at radius 3 is 2.70 bits per heavy atom. The summed E-state index contributed by atoms with van der Waals surface area (Å²) in [4.78, 5) is 4.27. The zero-order valence-corrected chi connectivity index (χ0v) is 17.2. The molecule has 1 aromatic carbocycles. The molecule has 2 aliphatic rings. The van der Waals surface area contributed by atoms with Crippen LogP contribution < -0.4 is 4.74 Å². The van der Waals surface area contributed by atoms with Gasteiger partial charge in [0.2, 0.25) is 5.88 Å². The first-order valence-corrected chi connectivity index (χ1v) is 10.6. The molecule has 1 saturated carbocycles. The average molecular weight is 424 g/mol. The fraction of sp³-hybridized carbons (Fsp3) is 0.364. The number of halogens is 1. The van der Waals surface area contributed by atoms with Gasteiger partial charge in [-0.1, -0.05) is 22.8 Å². The summed E-state index contributed by atoms with van der Waals surface area (Å²) in [6.07, 6.45) is 6.76. The molecule has 0 atom stereocenters. The van der Waals surface area contributed by atoms with Crippen molar-refractivity contribution in [1.29, 1.82) is 0 Å². The number of rotatable bonds is 3. The lowest BCUT2D eigenvalue weighted by molar-refractivity contribution is 0.139. The van der Waals surface area contributed by atoms with E-state index in [4.69, 9.17) is 16.3 Å². The van der Waals surface area contributed by atoms with E-state index in [9.17, 15) is 5.21 Å². The third kappa shape index (κ3) is 3.65. The quantitative estimate of drug-likeness (QED) is 0.500. The molecule has 0 saturated heterocycles. The number of hydrogen-bond acceptors (Lipinski definition) is 6. The van der Waals surface area contributed by atoms with Gasteiger partial charge in [-0.3, -0.25) is 4.57 Å². The highest BCUT2D eigenvalue weighted by molar-refractivity contribution is 6.30. The van der Waals surface area contributed by atoms with E-state index < -0.39 is 0 Å². The van der Waals surface area contributed by atoms with Crippen LogP contribution in [0.15, 0.2) is 47.8 Å². The second-order valence-corrected chi connectivity index (χ2v) is 8.30. The molecule has 2 aromatic heterocycles. The SMILES string of the molecule is ON=C1Cc2cc(Cl)ccc2-n2c(nnc2C2CCC(Oc3ccccn3)CC2)C1.